The lowest BCUT2D eigenvalue weighted by Crippen LogP contribution is -2.69. The number of nitrogens with zero attached hydrogens (tertiary/aromatic N) is 2. The highest BCUT2D eigenvalue weighted by Gasteiger charge is 2.51. The van der Waals surface area contributed by atoms with Crippen LogP contribution in [0, 0.1) is 4.91 Å². The highest BCUT2D eigenvalue weighted by atomic mass is 16.6. The van der Waals surface area contributed by atoms with E-state index in [1.165, 1.54) is 0 Å². The number of urea groups is 1. The maximum atomic E-state index is 11.4. The molecule has 19 heavy (non-hydrogen) atoms. The second-order valence-electron chi connectivity index (χ2n) is 4.41. The van der Waals surface area contributed by atoms with Crippen LogP contribution in [0.3, 0.4) is 0 Å². The van der Waals surface area contributed by atoms with Gasteiger partial charge in [-0.25, -0.2) is 4.79 Å². The third-order valence-electron chi connectivity index (χ3n) is 2.91. The van der Waals surface area contributed by atoms with E-state index in [0.29, 0.717) is 5.01 Å². The predicted octanol–water partition coefficient (Wildman–Crippen LogP) is -2.50. The first-order valence-corrected chi connectivity index (χ1v) is 5.49. The van der Waals surface area contributed by atoms with Crippen LogP contribution < -0.4 is 5.32 Å². The third kappa shape index (κ3) is 3.16. The molecule has 0 aromatic carbocycles. The first-order chi connectivity index (χ1) is 8.74. The van der Waals surface area contributed by atoms with Crippen molar-refractivity contribution in [1.82, 2.24) is 10.3 Å². The largest absolute Gasteiger partial charge is 0.394 e. The van der Waals surface area contributed by atoms with Crippen LogP contribution in [-0.4, -0.2) is 75.3 Å². The Labute approximate surface area is 108 Å². The zero-order chi connectivity index (χ0) is 14.8. The number of ether oxygens (including phenoxy) is 1. The van der Waals surface area contributed by atoms with E-state index in [1.807, 2.05) is 0 Å². The second-order valence-corrected chi connectivity index (χ2v) is 4.41. The van der Waals surface area contributed by atoms with Crippen LogP contribution in [-0.2, 0) is 4.74 Å². The second kappa shape index (κ2) is 5.75. The van der Waals surface area contributed by atoms with E-state index in [4.69, 9.17) is 9.84 Å². The van der Waals surface area contributed by atoms with Crippen molar-refractivity contribution in [2.45, 2.75) is 37.1 Å². The summed E-state index contributed by atoms with van der Waals surface area (Å²) >= 11 is 0. The molecule has 0 spiro atoms. The average molecular weight is 279 g/mol. The quantitative estimate of drug-likeness (QED) is 0.283. The Morgan fingerprint density at radius 1 is 1.47 bits per heavy atom. The predicted molar refractivity (Wildman–Crippen MR) is 60.5 cm³/mol. The minimum Gasteiger partial charge on any atom is -0.394 e. The Bertz CT molecular complexity index is 351. The van der Waals surface area contributed by atoms with Crippen molar-refractivity contribution in [3.05, 3.63) is 4.91 Å². The molecule has 0 aromatic heterocycles. The topological polar surface area (TPSA) is 152 Å². The monoisotopic (exact) mass is 279 g/mol. The number of nitroso groups, excluding NO2 is 1. The number of hydrogen-bond donors (Lipinski definition) is 5. The Balaban J connectivity index is 2.86. The lowest BCUT2D eigenvalue weighted by Gasteiger charge is -2.46. The summed E-state index contributed by atoms with van der Waals surface area (Å²) in [6.45, 7) is 0.523. The van der Waals surface area contributed by atoms with Crippen LogP contribution in [0.5, 0.6) is 0 Å². The van der Waals surface area contributed by atoms with Gasteiger partial charge in [0.2, 0.25) is 0 Å². The standard InChI is InChI=1S/C9H17N3O7/c1-9(17)7(10-8(16)12(2)11-18)6(15)5(14)4(3-13)19-9/h4-7,13-15,17H,3H2,1-2H3,(H,10,16)/t4?,5-,6?,7?,9-/m0/s1. The van der Waals surface area contributed by atoms with Crippen molar-refractivity contribution in [2.24, 2.45) is 5.29 Å². The molecule has 1 fully saturated rings. The van der Waals surface area contributed by atoms with Gasteiger partial charge in [-0.3, -0.25) is 0 Å². The van der Waals surface area contributed by atoms with Gasteiger partial charge >= 0.3 is 6.03 Å². The van der Waals surface area contributed by atoms with Gasteiger partial charge in [0.15, 0.2) is 5.79 Å². The van der Waals surface area contributed by atoms with Crippen molar-refractivity contribution >= 4 is 6.03 Å². The number of amides is 2. The van der Waals surface area contributed by atoms with E-state index in [9.17, 15) is 25.0 Å². The normalized spacial score (nSPS) is 38.6. The SMILES string of the molecule is CN(N=O)C(=O)NC1C(O)[C@@H](O)C(CO)O[C@]1(C)O. The molecule has 0 radical (unpaired) electrons. The van der Waals surface area contributed by atoms with Gasteiger partial charge < -0.3 is 30.5 Å². The molecule has 10 heteroatoms. The minimum absolute atomic E-state index is 0.410. The fraction of sp³-hybridized carbons (Fsp3) is 0.889. The smallest absolute Gasteiger partial charge is 0.340 e. The van der Waals surface area contributed by atoms with Crippen LogP contribution in [0.25, 0.3) is 0 Å². The summed E-state index contributed by atoms with van der Waals surface area (Å²) in [7, 11) is 1.07. The van der Waals surface area contributed by atoms with E-state index >= 15 is 0 Å². The molecule has 1 saturated heterocycles. The number of aliphatic hydroxyl groups is 4. The highest BCUT2D eigenvalue weighted by Crippen LogP contribution is 2.27. The number of aliphatic hydroxyl groups excluding tert-OH is 3. The van der Waals surface area contributed by atoms with Crippen molar-refractivity contribution in [2.75, 3.05) is 13.7 Å². The number of rotatable bonds is 3. The van der Waals surface area contributed by atoms with Crippen LogP contribution in [0.4, 0.5) is 4.79 Å². The van der Waals surface area contributed by atoms with Gasteiger partial charge in [-0.1, -0.05) is 0 Å². The molecule has 1 aliphatic rings. The lowest BCUT2D eigenvalue weighted by atomic mass is 9.91. The van der Waals surface area contributed by atoms with Crippen molar-refractivity contribution in [3.8, 4) is 0 Å². The fourth-order valence-electron chi connectivity index (χ4n) is 1.81. The molecule has 110 valence electrons. The summed E-state index contributed by atoms with van der Waals surface area (Å²) in [4.78, 5) is 21.6. The Kier molecular flexibility index (Phi) is 4.76. The fourth-order valence-corrected chi connectivity index (χ4v) is 1.81. The molecule has 5 atom stereocenters. The van der Waals surface area contributed by atoms with Crippen molar-refractivity contribution in [1.29, 1.82) is 0 Å². The highest BCUT2D eigenvalue weighted by molar-refractivity contribution is 5.74. The molecule has 2 amide bonds. The molecular formula is C9H17N3O7. The van der Waals surface area contributed by atoms with Gasteiger partial charge in [0.25, 0.3) is 0 Å². The molecule has 0 aromatic rings. The Morgan fingerprint density at radius 2 is 2.05 bits per heavy atom. The van der Waals surface area contributed by atoms with Crippen LogP contribution in [0.1, 0.15) is 6.92 Å². The lowest BCUT2D eigenvalue weighted by molar-refractivity contribution is -0.309. The molecule has 0 saturated carbocycles. The van der Waals surface area contributed by atoms with Crippen molar-refractivity contribution < 1.29 is 30.0 Å². The number of hydrogen-bond acceptors (Lipinski definition) is 8. The molecule has 3 unspecified atom stereocenters. The molecule has 1 aliphatic heterocycles. The summed E-state index contributed by atoms with van der Waals surface area (Å²) in [6.07, 6.45) is -4.30. The number of carbonyl (C=O) groups excluding carboxylic acids is 1. The molecule has 10 nitrogen and oxygen atoms in total. The van der Waals surface area contributed by atoms with Gasteiger partial charge in [-0.05, 0) is 6.92 Å². The van der Waals surface area contributed by atoms with E-state index < -0.39 is 42.8 Å². The zero-order valence-corrected chi connectivity index (χ0v) is 10.4. The summed E-state index contributed by atoms with van der Waals surface area (Å²) in [5.74, 6) is -2.04. The molecule has 1 heterocycles. The molecule has 0 aliphatic carbocycles. The van der Waals surface area contributed by atoms with Gasteiger partial charge in [0.1, 0.15) is 24.4 Å². The average Bonchev–Trinajstić information content (AvgIpc) is 2.37. The van der Waals surface area contributed by atoms with E-state index in [1.54, 1.807) is 0 Å². The number of carbonyl (C=O) groups is 1. The maximum absolute atomic E-state index is 11.4. The van der Waals surface area contributed by atoms with E-state index in [2.05, 4.69) is 10.6 Å². The summed E-state index contributed by atoms with van der Waals surface area (Å²) in [6, 6.07) is -2.39. The first kappa shape index (κ1) is 15.7. The molecule has 5 N–H and O–H groups in total. The Hall–Kier alpha value is -1.33. The zero-order valence-electron chi connectivity index (χ0n) is 10.4. The van der Waals surface area contributed by atoms with Gasteiger partial charge in [-0.15, -0.1) is 4.91 Å². The van der Waals surface area contributed by atoms with Crippen LogP contribution in [0.2, 0.25) is 0 Å². The van der Waals surface area contributed by atoms with E-state index in [0.717, 1.165) is 14.0 Å². The van der Waals surface area contributed by atoms with Gasteiger partial charge in [0, 0.05) is 7.05 Å². The summed E-state index contributed by atoms with van der Waals surface area (Å²) in [5, 5.41) is 43.3. The first-order valence-electron chi connectivity index (χ1n) is 5.49. The van der Waals surface area contributed by atoms with Gasteiger partial charge in [0.05, 0.1) is 11.9 Å². The van der Waals surface area contributed by atoms with Crippen LogP contribution in [0.15, 0.2) is 5.29 Å². The molecule has 1 rings (SSSR count). The summed E-state index contributed by atoms with van der Waals surface area (Å²) in [5.41, 5.74) is 0. The Morgan fingerprint density at radius 3 is 2.53 bits per heavy atom. The summed E-state index contributed by atoms with van der Waals surface area (Å²) < 4.78 is 4.99. The van der Waals surface area contributed by atoms with Gasteiger partial charge in [-0.2, -0.15) is 5.01 Å². The van der Waals surface area contributed by atoms with E-state index in [-0.39, 0.29) is 0 Å². The van der Waals surface area contributed by atoms with Crippen molar-refractivity contribution in [3.63, 3.8) is 0 Å². The number of nitrogens with one attached hydrogen (secondary N) is 1. The third-order valence-corrected chi connectivity index (χ3v) is 2.91. The van der Waals surface area contributed by atoms with Crippen LogP contribution >= 0.6 is 0 Å². The molecular weight excluding hydrogens is 262 g/mol. The maximum Gasteiger partial charge on any atom is 0.340 e. The minimum atomic E-state index is -2.04. The molecule has 0 bridgehead atoms.